The summed E-state index contributed by atoms with van der Waals surface area (Å²) in [6.45, 7) is 6.19. The number of rotatable bonds is 1. The van der Waals surface area contributed by atoms with Crippen LogP contribution in [0.4, 0.5) is 0 Å². The van der Waals surface area contributed by atoms with Crippen LogP contribution in [-0.4, -0.2) is 45.5 Å². The Morgan fingerprint density at radius 2 is 1.84 bits per heavy atom. The Morgan fingerprint density at radius 1 is 1.12 bits per heavy atom. The highest BCUT2D eigenvalue weighted by Crippen LogP contribution is 2.65. The summed E-state index contributed by atoms with van der Waals surface area (Å²) >= 11 is 1.92. The van der Waals surface area contributed by atoms with Gasteiger partial charge in [0.1, 0.15) is 6.10 Å². The number of carbonyl (C=O) groups excluding carboxylic acids is 1. The average Bonchev–Trinajstić information content (AvgIpc) is 2.85. The topological polar surface area (TPSA) is 66.8 Å². The van der Waals surface area contributed by atoms with E-state index in [1.807, 2.05) is 11.8 Å². The van der Waals surface area contributed by atoms with Gasteiger partial charge in [-0.25, -0.2) is 0 Å². The normalized spacial score (nSPS) is 55.0. The van der Waals surface area contributed by atoms with E-state index >= 15 is 0 Å². The molecule has 9 atom stereocenters. The van der Waals surface area contributed by atoms with E-state index in [1.54, 1.807) is 0 Å². The minimum atomic E-state index is -0.290. The lowest BCUT2D eigenvalue weighted by atomic mass is 9.46. The average molecular weight is 369 g/mol. The van der Waals surface area contributed by atoms with Crippen molar-refractivity contribution in [1.29, 1.82) is 0 Å². The molecule has 4 aliphatic rings. The van der Waals surface area contributed by atoms with Crippen molar-refractivity contribution >= 4 is 17.7 Å². The van der Waals surface area contributed by atoms with E-state index in [9.17, 15) is 15.0 Å². The molecule has 4 rings (SSSR count). The fourth-order valence-electron chi connectivity index (χ4n) is 6.79. The Balaban J connectivity index is 1.62. The van der Waals surface area contributed by atoms with Crippen LogP contribution in [0.3, 0.4) is 0 Å². The molecule has 3 aliphatic carbocycles. The van der Waals surface area contributed by atoms with Gasteiger partial charge in [0.15, 0.2) is 0 Å². The summed E-state index contributed by atoms with van der Waals surface area (Å²) in [5, 5.41) is 21.6. The van der Waals surface area contributed by atoms with E-state index in [4.69, 9.17) is 4.74 Å². The van der Waals surface area contributed by atoms with E-state index in [0.717, 1.165) is 44.3 Å². The molecule has 0 bridgehead atoms. The molecule has 4 fully saturated rings. The van der Waals surface area contributed by atoms with E-state index in [2.05, 4.69) is 13.8 Å². The molecule has 142 valence electrons. The maximum atomic E-state index is 11.5. The summed E-state index contributed by atoms with van der Waals surface area (Å²) in [4.78, 5) is 11.5. The predicted octanol–water partition coefficient (Wildman–Crippen LogP) is 3.00. The number of hydrogen-bond donors (Lipinski definition) is 2. The Labute approximate surface area is 155 Å². The summed E-state index contributed by atoms with van der Waals surface area (Å²) in [5.41, 5.74) is 0.223. The summed E-state index contributed by atoms with van der Waals surface area (Å²) in [6.07, 6.45) is 5.32. The van der Waals surface area contributed by atoms with Crippen molar-refractivity contribution in [2.75, 3.05) is 5.75 Å². The van der Waals surface area contributed by atoms with Crippen LogP contribution >= 0.6 is 11.8 Å². The van der Waals surface area contributed by atoms with Gasteiger partial charge in [-0.3, -0.25) is 4.79 Å². The zero-order valence-electron chi connectivity index (χ0n) is 15.6. The van der Waals surface area contributed by atoms with Gasteiger partial charge >= 0.3 is 5.97 Å². The van der Waals surface area contributed by atoms with Crippen molar-refractivity contribution in [3.8, 4) is 0 Å². The fraction of sp³-hybridized carbons (Fsp3) is 0.950. The number of carbonyl (C=O) groups is 1. The summed E-state index contributed by atoms with van der Waals surface area (Å²) in [7, 11) is 0. The first kappa shape index (κ1) is 18.1. The Bertz CT molecular complexity index is 554. The molecule has 2 N–H and O–H groups in total. The molecule has 0 aromatic rings. The molecule has 1 heterocycles. The molecule has 0 radical (unpaired) electrons. The molecule has 0 amide bonds. The number of fused-ring (bicyclic) bond motifs is 5. The molecule has 25 heavy (non-hydrogen) atoms. The largest absolute Gasteiger partial charge is 0.461 e. The SMILES string of the molecule is CC(=O)O[C@H]1CSC2C3C(O)CC4C[C@@H](O)CC[C@]4(C)C3CC[C@@]21C. The van der Waals surface area contributed by atoms with Gasteiger partial charge < -0.3 is 14.9 Å². The second-order valence-electron chi connectivity index (χ2n) is 9.51. The van der Waals surface area contributed by atoms with E-state index in [-0.39, 0.29) is 35.1 Å². The quantitative estimate of drug-likeness (QED) is 0.697. The van der Waals surface area contributed by atoms with Crippen LogP contribution in [0.2, 0.25) is 0 Å². The molecule has 4 nitrogen and oxygen atoms in total. The minimum absolute atomic E-state index is 0.0180. The highest BCUT2D eigenvalue weighted by Gasteiger charge is 2.63. The van der Waals surface area contributed by atoms with Gasteiger partial charge in [0.05, 0.1) is 12.2 Å². The van der Waals surface area contributed by atoms with Crippen molar-refractivity contribution in [2.24, 2.45) is 28.6 Å². The second-order valence-corrected chi connectivity index (χ2v) is 10.7. The number of ether oxygens (including phenoxy) is 1. The van der Waals surface area contributed by atoms with Crippen molar-refractivity contribution in [3.63, 3.8) is 0 Å². The van der Waals surface area contributed by atoms with Crippen molar-refractivity contribution in [1.82, 2.24) is 0 Å². The van der Waals surface area contributed by atoms with Crippen LogP contribution in [0.1, 0.15) is 59.3 Å². The lowest BCUT2D eigenvalue weighted by Gasteiger charge is -2.61. The fourth-order valence-corrected chi connectivity index (χ4v) is 8.86. The van der Waals surface area contributed by atoms with Crippen molar-refractivity contribution in [2.45, 2.75) is 82.9 Å². The van der Waals surface area contributed by atoms with Crippen LogP contribution in [0.15, 0.2) is 0 Å². The van der Waals surface area contributed by atoms with Gasteiger partial charge in [0.25, 0.3) is 0 Å². The van der Waals surface area contributed by atoms with Crippen molar-refractivity contribution in [3.05, 3.63) is 0 Å². The number of thioether (sulfide) groups is 1. The second kappa shape index (κ2) is 6.13. The Morgan fingerprint density at radius 3 is 2.56 bits per heavy atom. The first-order valence-corrected chi connectivity index (χ1v) is 11.0. The molecule has 3 saturated carbocycles. The Hall–Kier alpha value is -0.260. The molecule has 5 heteroatoms. The van der Waals surface area contributed by atoms with Gasteiger partial charge in [0.2, 0.25) is 0 Å². The zero-order valence-corrected chi connectivity index (χ0v) is 16.4. The van der Waals surface area contributed by atoms with Gasteiger partial charge in [-0.05, 0) is 55.8 Å². The van der Waals surface area contributed by atoms with Gasteiger partial charge in [-0.2, -0.15) is 11.8 Å². The third kappa shape index (κ3) is 2.68. The van der Waals surface area contributed by atoms with E-state index < -0.39 is 0 Å². The number of esters is 1. The molecule has 1 saturated heterocycles. The van der Waals surface area contributed by atoms with Crippen LogP contribution in [0, 0.1) is 28.6 Å². The van der Waals surface area contributed by atoms with E-state index in [1.165, 1.54) is 6.92 Å². The zero-order chi connectivity index (χ0) is 18.0. The maximum Gasteiger partial charge on any atom is 0.302 e. The lowest BCUT2D eigenvalue weighted by molar-refractivity contribution is -0.166. The number of aliphatic hydroxyl groups is 2. The number of aliphatic hydroxyl groups excluding tert-OH is 2. The molecular formula is C20H32O4S. The first-order chi connectivity index (χ1) is 11.8. The van der Waals surface area contributed by atoms with Gasteiger partial charge in [0, 0.05) is 29.3 Å². The monoisotopic (exact) mass is 368 g/mol. The summed E-state index contributed by atoms with van der Waals surface area (Å²) in [5.74, 6) is 1.92. The third-order valence-electron chi connectivity index (χ3n) is 8.25. The van der Waals surface area contributed by atoms with Crippen LogP contribution in [0.25, 0.3) is 0 Å². The highest BCUT2D eigenvalue weighted by atomic mass is 32.2. The molecule has 5 unspecified atom stereocenters. The third-order valence-corrected chi connectivity index (χ3v) is 9.96. The smallest absolute Gasteiger partial charge is 0.302 e. The molecule has 0 aromatic carbocycles. The summed E-state index contributed by atoms with van der Waals surface area (Å²) in [6, 6.07) is 0. The summed E-state index contributed by atoms with van der Waals surface area (Å²) < 4.78 is 5.67. The minimum Gasteiger partial charge on any atom is -0.461 e. The molecule has 1 aliphatic heterocycles. The maximum absolute atomic E-state index is 11.5. The molecule has 0 spiro atoms. The highest BCUT2D eigenvalue weighted by molar-refractivity contribution is 8.00. The Kier molecular flexibility index (Phi) is 4.45. The van der Waals surface area contributed by atoms with E-state index in [0.29, 0.717) is 23.0 Å². The standard InChI is InChI=1S/C20H32O4S/c1-11(21)24-16-10-25-18-17-14(5-7-20(16,18)3)19(2)6-4-13(22)8-12(19)9-15(17)23/h12-18,22-23H,4-10H2,1-3H3/t12?,13-,14?,15?,16-,17?,18?,19-,20+/m0/s1. The predicted molar refractivity (Wildman–Crippen MR) is 98.2 cm³/mol. The van der Waals surface area contributed by atoms with Crippen molar-refractivity contribution < 1.29 is 19.7 Å². The lowest BCUT2D eigenvalue weighted by Crippen LogP contribution is -2.60. The molecular weight excluding hydrogens is 336 g/mol. The molecule has 0 aromatic heterocycles. The van der Waals surface area contributed by atoms with Crippen LogP contribution in [0.5, 0.6) is 0 Å². The number of hydrogen-bond acceptors (Lipinski definition) is 5. The van der Waals surface area contributed by atoms with Crippen LogP contribution < -0.4 is 0 Å². The van der Waals surface area contributed by atoms with Gasteiger partial charge in [-0.1, -0.05) is 13.8 Å². The van der Waals surface area contributed by atoms with Crippen LogP contribution in [-0.2, 0) is 9.53 Å². The first-order valence-electron chi connectivity index (χ1n) is 9.90. The van der Waals surface area contributed by atoms with Gasteiger partial charge in [-0.15, -0.1) is 0 Å².